The first-order valence-electron chi connectivity index (χ1n) is 6.76. The summed E-state index contributed by atoms with van der Waals surface area (Å²) in [5, 5.41) is 15.7. The summed E-state index contributed by atoms with van der Waals surface area (Å²) in [4.78, 5) is 6.91. The summed E-state index contributed by atoms with van der Waals surface area (Å²) >= 11 is 6.54. The van der Waals surface area contributed by atoms with Crippen LogP contribution in [0.2, 0.25) is 0 Å². The molecule has 1 aliphatic heterocycles. The normalized spacial score (nSPS) is 13.9. The molecule has 2 aromatic rings. The van der Waals surface area contributed by atoms with Gasteiger partial charge in [-0.2, -0.15) is 0 Å². The van der Waals surface area contributed by atoms with Crippen molar-refractivity contribution in [1.82, 2.24) is 10.3 Å². The maximum absolute atomic E-state index is 13.4. The number of nitrogens with zero attached hydrogens (tertiary/aromatic N) is 4. The Balaban J connectivity index is 1.84. The standard InChI is InChI=1S/C13H12Br2FN5O2/c14-4-1-5-17-12-11(18-23-19-12)13-20-22-7-21(13)8-2-3-10(16)9(15)6-8/h2-3,6H,1,4-5,7H2,(H,17,19). The van der Waals surface area contributed by atoms with E-state index in [4.69, 9.17) is 9.47 Å². The Bertz CT molecular complexity index is 724. The number of anilines is 2. The summed E-state index contributed by atoms with van der Waals surface area (Å²) in [6.07, 6.45) is 0.921. The maximum atomic E-state index is 13.4. The van der Waals surface area contributed by atoms with E-state index >= 15 is 0 Å². The molecule has 0 aliphatic carbocycles. The van der Waals surface area contributed by atoms with Crippen molar-refractivity contribution < 1.29 is 13.9 Å². The lowest BCUT2D eigenvalue weighted by molar-refractivity contribution is 0.174. The van der Waals surface area contributed by atoms with E-state index in [0.717, 1.165) is 11.8 Å². The van der Waals surface area contributed by atoms with Crippen molar-refractivity contribution in [2.24, 2.45) is 5.16 Å². The summed E-state index contributed by atoms with van der Waals surface area (Å²) in [7, 11) is 0. The van der Waals surface area contributed by atoms with Gasteiger partial charge in [-0.3, -0.25) is 4.90 Å². The lowest BCUT2D eigenvalue weighted by atomic mass is 10.2. The van der Waals surface area contributed by atoms with Crippen LogP contribution in [0.4, 0.5) is 15.9 Å². The van der Waals surface area contributed by atoms with E-state index in [1.165, 1.54) is 6.07 Å². The molecule has 2 heterocycles. The Labute approximate surface area is 148 Å². The second kappa shape index (κ2) is 7.26. The SMILES string of the molecule is Fc1ccc(N2CON=C2c2nonc2NCCCBr)cc1Br. The minimum atomic E-state index is -0.340. The third kappa shape index (κ3) is 3.47. The fourth-order valence-corrected chi connectivity index (χ4v) is 2.65. The highest BCUT2D eigenvalue weighted by Crippen LogP contribution is 2.27. The van der Waals surface area contributed by atoms with Crippen LogP contribution in [0.3, 0.4) is 0 Å². The van der Waals surface area contributed by atoms with Gasteiger partial charge in [-0.1, -0.05) is 21.1 Å². The molecule has 23 heavy (non-hydrogen) atoms. The molecule has 0 bridgehead atoms. The number of oxime groups is 1. The number of aromatic nitrogens is 2. The lowest BCUT2D eigenvalue weighted by Crippen LogP contribution is -2.29. The molecule has 0 saturated heterocycles. The quantitative estimate of drug-likeness (QED) is 0.539. The molecule has 7 nitrogen and oxygen atoms in total. The topological polar surface area (TPSA) is 75.8 Å². The number of hydrogen-bond donors (Lipinski definition) is 1. The van der Waals surface area contributed by atoms with Crippen LogP contribution in [-0.4, -0.2) is 34.8 Å². The molecule has 0 radical (unpaired) electrons. The average Bonchev–Trinajstić information content (AvgIpc) is 3.18. The van der Waals surface area contributed by atoms with Crippen molar-refractivity contribution >= 4 is 49.2 Å². The van der Waals surface area contributed by atoms with Gasteiger partial charge in [0, 0.05) is 17.6 Å². The second-order valence-corrected chi connectivity index (χ2v) is 6.28. The van der Waals surface area contributed by atoms with Gasteiger partial charge in [0.2, 0.25) is 11.7 Å². The molecule has 0 fully saturated rings. The molecule has 1 aliphatic rings. The van der Waals surface area contributed by atoms with Crippen molar-refractivity contribution in [1.29, 1.82) is 0 Å². The highest BCUT2D eigenvalue weighted by atomic mass is 79.9. The minimum absolute atomic E-state index is 0.196. The highest BCUT2D eigenvalue weighted by Gasteiger charge is 2.28. The Morgan fingerprint density at radius 2 is 2.22 bits per heavy atom. The van der Waals surface area contributed by atoms with Gasteiger partial charge < -0.3 is 10.2 Å². The third-order valence-corrected chi connectivity index (χ3v) is 4.28. The largest absolute Gasteiger partial charge is 0.371 e. The number of rotatable bonds is 6. The smallest absolute Gasteiger partial charge is 0.208 e. The molecule has 1 N–H and O–H groups in total. The molecule has 0 saturated carbocycles. The van der Waals surface area contributed by atoms with E-state index in [2.05, 4.69) is 52.6 Å². The first-order chi connectivity index (χ1) is 11.2. The first-order valence-corrected chi connectivity index (χ1v) is 8.67. The maximum Gasteiger partial charge on any atom is 0.208 e. The van der Waals surface area contributed by atoms with Crippen LogP contribution in [0.25, 0.3) is 0 Å². The van der Waals surface area contributed by atoms with Crippen LogP contribution in [0, 0.1) is 5.82 Å². The van der Waals surface area contributed by atoms with Gasteiger partial charge in [0.15, 0.2) is 12.4 Å². The number of alkyl halides is 1. The Morgan fingerprint density at radius 1 is 1.35 bits per heavy atom. The summed E-state index contributed by atoms with van der Waals surface area (Å²) in [5.41, 5.74) is 1.15. The van der Waals surface area contributed by atoms with E-state index < -0.39 is 0 Å². The third-order valence-electron chi connectivity index (χ3n) is 3.11. The minimum Gasteiger partial charge on any atom is -0.371 e. The molecular weight excluding hydrogens is 437 g/mol. The van der Waals surface area contributed by atoms with Gasteiger partial charge >= 0.3 is 0 Å². The molecular formula is C13H12Br2FN5O2. The van der Waals surface area contributed by atoms with Crippen molar-refractivity contribution in [2.45, 2.75) is 6.42 Å². The van der Waals surface area contributed by atoms with Crippen molar-refractivity contribution in [3.05, 3.63) is 34.2 Å². The molecule has 0 spiro atoms. The monoisotopic (exact) mass is 447 g/mol. The van der Waals surface area contributed by atoms with Crippen LogP contribution in [0.1, 0.15) is 12.1 Å². The number of benzene rings is 1. The van der Waals surface area contributed by atoms with Crippen LogP contribution in [0.15, 0.2) is 32.5 Å². The van der Waals surface area contributed by atoms with Gasteiger partial charge in [0.1, 0.15) is 5.82 Å². The van der Waals surface area contributed by atoms with Crippen LogP contribution >= 0.6 is 31.9 Å². The van der Waals surface area contributed by atoms with Gasteiger partial charge in [0.05, 0.1) is 4.47 Å². The van der Waals surface area contributed by atoms with Gasteiger partial charge in [-0.15, -0.1) is 0 Å². The summed E-state index contributed by atoms with van der Waals surface area (Å²) < 4.78 is 18.6. The zero-order valence-electron chi connectivity index (χ0n) is 11.8. The van der Waals surface area contributed by atoms with E-state index in [1.54, 1.807) is 17.0 Å². The van der Waals surface area contributed by atoms with Crippen molar-refractivity contribution in [3.8, 4) is 0 Å². The zero-order chi connectivity index (χ0) is 16.2. The number of halogens is 3. The predicted molar refractivity (Wildman–Crippen MR) is 90.3 cm³/mol. The molecule has 1 aromatic carbocycles. The fraction of sp³-hybridized carbons (Fsp3) is 0.308. The summed E-state index contributed by atoms with van der Waals surface area (Å²) in [5.74, 6) is 0.597. The number of amidine groups is 1. The van der Waals surface area contributed by atoms with Crippen molar-refractivity contribution in [3.63, 3.8) is 0 Å². The number of hydrogen-bond acceptors (Lipinski definition) is 7. The molecule has 0 amide bonds. The van der Waals surface area contributed by atoms with E-state index in [9.17, 15) is 4.39 Å². The van der Waals surface area contributed by atoms with Crippen LogP contribution in [-0.2, 0) is 4.84 Å². The first kappa shape index (κ1) is 16.2. The molecule has 3 rings (SSSR count). The van der Waals surface area contributed by atoms with Gasteiger partial charge in [0.25, 0.3) is 0 Å². The van der Waals surface area contributed by atoms with E-state index in [-0.39, 0.29) is 12.5 Å². The lowest BCUT2D eigenvalue weighted by Gasteiger charge is -2.17. The van der Waals surface area contributed by atoms with Gasteiger partial charge in [-0.05, 0) is 50.9 Å². The zero-order valence-corrected chi connectivity index (χ0v) is 15.0. The van der Waals surface area contributed by atoms with Crippen LogP contribution in [0.5, 0.6) is 0 Å². The number of nitrogens with one attached hydrogen (secondary N) is 1. The summed E-state index contributed by atoms with van der Waals surface area (Å²) in [6, 6.07) is 4.65. The molecule has 10 heteroatoms. The average molecular weight is 449 g/mol. The summed E-state index contributed by atoms with van der Waals surface area (Å²) in [6.45, 7) is 0.907. The van der Waals surface area contributed by atoms with E-state index in [0.29, 0.717) is 34.1 Å². The van der Waals surface area contributed by atoms with Crippen molar-refractivity contribution in [2.75, 3.05) is 28.8 Å². The fourth-order valence-electron chi connectivity index (χ4n) is 2.00. The van der Waals surface area contributed by atoms with Crippen LogP contribution < -0.4 is 10.2 Å². The Morgan fingerprint density at radius 3 is 3.00 bits per heavy atom. The van der Waals surface area contributed by atoms with E-state index in [1.807, 2.05) is 0 Å². The molecule has 1 aromatic heterocycles. The van der Waals surface area contributed by atoms with Gasteiger partial charge in [-0.25, -0.2) is 9.02 Å². The highest BCUT2D eigenvalue weighted by molar-refractivity contribution is 9.10. The predicted octanol–water partition coefficient (Wildman–Crippen LogP) is 3.32. The Hall–Kier alpha value is -1.68. The Kier molecular flexibility index (Phi) is 5.11. The molecule has 0 atom stereocenters. The molecule has 0 unspecified atom stereocenters. The molecule has 122 valence electrons. The second-order valence-electron chi connectivity index (χ2n) is 4.63.